The fraction of sp³-hybridized carbons (Fsp3) is 0.263. The van der Waals surface area contributed by atoms with Gasteiger partial charge in [0, 0.05) is 6.20 Å². The van der Waals surface area contributed by atoms with Gasteiger partial charge in [-0.2, -0.15) is 0 Å². The lowest BCUT2D eigenvalue weighted by molar-refractivity contribution is 0.102. The van der Waals surface area contributed by atoms with E-state index in [0.717, 1.165) is 26.8 Å². The van der Waals surface area contributed by atoms with Gasteiger partial charge in [0.25, 0.3) is 11.5 Å². The molecule has 1 aromatic carbocycles. The molecule has 140 valence electrons. The van der Waals surface area contributed by atoms with Crippen LogP contribution in [0.4, 0.5) is 5.13 Å². The number of thioether (sulfide) groups is 1. The number of nitrogens with zero attached hydrogens (tertiary/aromatic N) is 3. The molecule has 0 spiro atoms. The maximum atomic E-state index is 12.8. The zero-order valence-electron chi connectivity index (χ0n) is 15.4. The molecule has 0 fully saturated rings. The molecule has 0 radical (unpaired) electrons. The van der Waals surface area contributed by atoms with Crippen LogP contribution in [0.25, 0.3) is 0 Å². The van der Waals surface area contributed by atoms with Crippen LogP contribution < -0.4 is 10.9 Å². The van der Waals surface area contributed by atoms with E-state index < -0.39 is 5.91 Å². The number of anilines is 1. The highest BCUT2D eigenvalue weighted by Crippen LogP contribution is 2.25. The highest BCUT2D eigenvalue weighted by Gasteiger charge is 2.15. The topological polar surface area (TPSA) is 76.9 Å². The van der Waals surface area contributed by atoms with Gasteiger partial charge in [-0.3, -0.25) is 14.9 Å². The Morgan fingerprint density at radius 2 is 2.07 bits per heavy atom. The molecule has 8 heteroatoms. The summed E-state index contributed by atoms with van der Waals surface area (Å²) in [5.41, 5.74) is 3.05. The SMILES string of the molecule is CCSc1nnc(NC(=O)c2cccn(Cc3cc(C)ccc3C)c2=O)s1. The molecule has 0 unspecified atom stereocenters. The molecule has 0 saturated carbocycles. The van der Waals surface area contributed by atoms with E-state index in [2.05, 4.69) is 21.6 Å². The summed E-state index contributed by atoms with van der Waals surface area (Å²) in [6.45, 7) is 6.47. The monoisotopic (exact) mass is 400 g/mol. The Morgan fingerprint density at radius 3 is 2.85 bits per heavy atom. The van der Waals surface area contributed by atoms with E-state index in [-0.39, 0.29) is 11.1 Å². The first-order chi connectivity index (χ1) is 13.0. The summed E-state index contributed by atoms with van der Waals surface area (Å²) in [5.74, 6) is 0.407. The first-order valence-electron chi connectivity index (χ1n) is 8.51. The third-order valence-corrected chi connectivity index (χ3v) is 5.86. The Kier molecular flexibility index (Phi) is 6.08. The molecule has 0 aliphatic heterocycles. The van der Waals surface area contributed by atoms with Gasteiger partial charge in [0.1, 0.15) is 5.56 Å². The normalized spacial score (nSPS) is 10.8. The van der Waals surface area contributed by atoms with Crippen LogP contribution in [0.15, 0.2) is 45.7 Å². The van der Waals surface area contributed by atoms with Gasteiger partial charge in [-0.1, -0.05) is 53.8 Å². The molecular formula is C19H20N4O2S2. The first-order valence-corrected chi connectivity index (χ1v) is 10.3. The molecule has 1 N–H and O–H groups in total. The van der Waals surface area contributed by atoms with Crippen molar-refractivity contribution in [3.8, 4) is 0 Å². The summed E-state index contributed by atoms with van der Waals surface area (Å²) >= 11 is 2.85. The Hall–Kier alpha value is -2.45. The number of amides is 1. The van der Waals surface area contributed by atoms with E-state index in [0.29, 0.717) is 11.7 Å². The van der Waals surface area contributed by atoms with Crippen molar-refractivity contribution in [2.75, 3.05) is 11.1 Å². The molecular weight excluding hydrogens is 380 g/mol. The molecule has 0 saturated heterocycles. The average molecular weight is 401 g/mol. The Bertz CT molecular complexity index is 1030. The number of carbonyl (C=O) groups excluding carboxylic acids is 1. The van der Waals surface area contributed by atoms with Crippen LogP contribution in [-0.2, 0) is 6.54 Å². The minimum Gasteiger partial charge on any atom is -0.310 e. The summed E-state index contributed by atoms with van der Waals surface area (Å²) in [7, 11) is 0. The Labute approximate surface area is 165 Å². The zero-order chi connectivity index (χ0) is 19.4. The first kappa shape index (κ1) is 19.3. The second-order valence-electron chi connectivity index (χ2n) is 6.05. The van der Waals surface area contributed by atoms with Crippen molar-refractivity contribution in [2.45, 2.75) is 31.7 Å². The molecule has 0 aliphatic rings. The maximum Gasteiger partial charge on any atom is 0.263 e. The lowest BCUT2D eigenvalue weighted by Crippen LogP contribution is -2.29. The minimum absolute atomic E-state index is 0.0858. The van der Waals surface area contributed by atoms with Crippen molar-refractivity contribution in [3.63, 3.8) is 0 Å². The van der Waals surface area contributed by atoms with Crippen molar-refractivity contribution in [2.24, 2.45) is 0 Å². The van der Waals surface area contributed by atoms with Gasteiger partial charge in [0.05, 0.1) is 6.54 Å². The standard InChI is InChI=1S/C19H20N4O2S2/c1-4-26-19-22-21-18(27-19)20-16(24)15-6-5-9-23(17(15)25)11-14-10-12(2)7-8-13(14)3/h5-10H,4,11H2,1-3H3,(H,20,21,24). The summed E-state index contributed by atoms with van der Waals surface area (Å²) in [6.07, 6.45) is 1.70. The third-order valence-electron chi connectivity index (χ3n) is 4.00. The lowest BCUT2D eigenvalue weighted by atomic mass is 10.1. The fourth-order valence-corrected chi connectivity index (χ4v) is 4.24. The van der Waals surface area contributed by atoms with Gasteiger partial charge < -0.3 is 4.57 Å². The van der Waals surface area contributed by atoms with Crippen LogP contribution in [0, 0.1) is 13.8 Å². The van der Waals surface area contributed by atoms with E-state index >= 15 is 0 Å². The number of aryl methyl sites for hydroxylation is 2. The molecule has 0 bridgehead atoms. The van der Waals surface area contributed by atoms with Gasteiger partial charge in [-0.25, -0.2) is 0 Å². The second kappa shape index (κ2) is 8.49. The van der Waals surface area contributed by atoms with Gasteiger partial charge >= 0.3 is 0 Å². The van der Waals surface area contributed by atoms with Crippen molar-refractivity contribution < 1.29 is 4.79 Å². The van der Waals surface area contributed by atoms with Gasteiger partial charge in [0.2, 0.25) is 5.13 Å². The number of nitrogens with one attached hydrogen (secondary N) is 1. The quantitative estimate of drug-likeness (QED) is 0.504. The predicted molar refractivity (Wildman–Crippen MR) is 110 cm³/mol. The number of carbonyl (C=O) groups is 1. The number of pyridine rings is 1. The van der Waals surface area contributed by atoms with Crippen molar-refractivity contribution in [1.29, 1.82) is 0 Å². The molecule has 27 heavy (non-hydrogen) atoms. The minimum atomic E-state index is -0.473. The van der Waals surface area contributed by atoms with Crippen molar-refractivity contribution in [1.82, 2.24) is 14.8 Å². The van der Waals surface area contributed by atoms with E-state index in [1.165, 1.54) is 17.4 Å². The van der Waals surface area contributed by atoms with E-state index in [1.54, 1.807) is 28.6 Å². The van der Waals surface area contributed by atoms with Gasteiger partial charge in [-0.05, 0) is 42.9 Å². The number of aromatic nitrogens is 3. The van der Waals surface area contributed by atoms with Crippen LogP contribution >= 0.6 is 23.1 Å². The number of benzene rings is 1. The van der Waals surface area contributed by atoms with Crippen molar-refractivity contribution >= 4 is 34.1 Å². The third kappa shape index (κ3) is 4.64. The largest absolute Gasteiger partial charge is 0.310 e. The number of hydrogen-bond acceptors (Lipinski definition) is 6. The molecule has 3 aromatic rings. The van der Waals surface area contributed by atoms with E-state index in [9.17, 15) is 9.59 Å². The van der Waals surface area contributed by atoms with Crippen LogP contribution in [-0.4, -0.2) is 26.4 Å². The summed E-state index contributed by atoms with van der Waals surface area (Å²) in [4.78, 5) is 25.3. The van der Waals surface area contributed by atoms with E-state index in [1.807, 2.05) is 32.9 Å². The summed E-state index contributed by atoms with van der Waals surface area (Å²) < 4.78 is 2.34. The molecule has 0 aliphatic carbocycles. The maximum absolute atomic E-state index is 12.8. The summed E-state index contributed by atoms with van der Waals surface area (Å²) in [6, 6.07) is 9.37. The highest BCUT2D eigenvalue weighted by molar-refractivity contribution is 8.01. The average Bonchev–Trinajstić information content (AvgIpc) is 3.07. The molecule has 2 heterocycles. The molecule has 3 rings (SSSR count). The van der Waals surface area contributed by atoms with E-state index in [4.69, 9.17) is 0 Å². The highest BCUT2D eigenvalue weighted by atomic mass is 32.2. The molecule has 0 atom stereocenters. The van der Waals surface area contributed by atoms with Crippen LogP contribution in [0.2, 0.25) is 0 Å². The molecule has 2 aromatic heterocycles. The molecule has 6 nitrogen and oxygen atoms in total. The zero-order valence-corrected chi connectivity index (χ0v) is 17.0. The van der Waals surface area contributed by atoms with Gasteiger partial charge in [0.15, 0.2) is 4.34 Å². The number of rotatable bonds is 6. The second-order valence-corrected chi connectivity index (χ2v) is 8.53. The lowest BCUT2D eigenvalue weighted by Gasteiger charge is -2.11. The number of hydrogen-bond donors (Lipinski definition) is 1. The van der Waals surface area contributed by atoms with Crippen LogP contribution in [0.5, 0.6) is 0 Å². The summed E-state index contributed by atoms with van der Waals surface area (Å²) in [5, 5.41) is 11.0. The Morgan fingerprint density at radius 1 is 1.26 bits per heavy atom. The fourth-order valence-electron chi connectivity index (χ4n) is 2.59. The smallest absolute Gasteiger partial charge is 0.263 e. The predicted octanol–water partition coefficient (Wildman–Crippen LogP) is 3.73. The van der Waals surface area contributed by atoms with Crippen LogP contribution in [0.1, 0.15) is 34.0 Å². The molecule has 1 amide bonds. The van der Waals surface area contributed by atoms with Gasteiger partial charge in [-0.15, -0.1) is 10.2 Å². The van der Waals surface area contributed by atoms with Crippen LogP contribution in [0.3, 0.4) is 0 Å². The van der Waals surface area contributed by atoms with Crippen molar-refractivity contribution in [3.05, 3.63) is 69.1 Å². The Balaban J connectivity index is 1.82.